The van der Waals surface area contributed by atoms with Crippen molar-refractivity contribution in [2.75, 3.05) is 11.1 Å². The molecule has 4 aliphatic carbocycles. The van der Waals surface area contributed by atoms with Crippen molar-refractivity contribution in [3.05, 3.63) is 24.3 Å². The molecule has 18 heavy (non-hydrogen) atoms. The van der Waals surface area contributed by atoms with Crippen LogP contribution >= 0.6 is 0 Å². The van der Waals surface area contributed by atoms with E-state index in [0.717, 1.165) is 29.4 Å². The lowest BCUT2D eigenvalue weighted by Gasteiger charge is -2.54. The van der Waals surface area contributed by atoms with Crippen molar-refractivity contribution in [2.45, 2.75) is 38.1 Å². The molecule has 4 saturated carbocycles. The molecule has 0 amide bonds. The summed E-state index contributed by atoms with van der Waals surface area (Å²) in [7, 11) is 0. The Labute approximate surface area is 109 Å². The molecule has 1 aromatic carbocycles. The van der Waals surface area contributed by atoms with E-state index in [0.29, 0.717) is 6.04 Å². The van der Waals surface area contributed by atoms with Crippen LogP contribution < -0.4 is 11.1 Å². The van der Waals surface area contributed by atoms with Crippen molar-refractivity contribution in [2.24, 2.45) is 23.7 Å². The predicted octanol–water partition coefficient (Wildman–Crippen LogP) is 3.51. The zero-order valence-electron chi connectivity index (χ0n) is 10.8. The van der Waals surface area contributed by atoms with Crippen LogP contribution in [0, 0.1) is 23.7 Å². The van der Waals surface area contributed by atoms with Gasteiger partial charge in [0, 0.05) is 17.4 Å². The molecule has 3 N–H and O–H groups in total. The first-order valence-electron chi connectivity index (χ1n) is 7.40. The molecule has 5 rings (SSSR count). The number of hydrogen-bond acceptors (Lipinski definition) is 2. The van der Waals surface area contributed by atoms with Gasteiger partial charge in [0.15, 0.2) is 0 Å². The molecule has 96 valence electrons. The monoisotopic (exact) mass is 242 g/mol. The summed E-state index contributed by atoms with van der Waals surface area (Å²) in [6.45, 7) is 0. The zero-order chi connectivity index (χ0) is 12.1. The van der Waals surface area contributed by atoms with E-state index in [1.165, 1.54) is 37.8 Å². The normalized spacial score (nSPS) is 41.0. The summed E-state index contributed by atoms with van der Waals surface area (Å²) < 4.78 is 0. The molecule has 0 atom stereocenters. The lowest BCUT2D eigenvalue weighted by Crippen LogP contribution is -2.51. The maximum atomic E-state index is 5.87. The minimum atomic E-state index is 0.708. The van der Waals surface area contributed by atoms with Crippen molar-refractivity contribution in [3.8, 4) is 0 Å². The highest BCUT2D eigenvalue weighted by Crippen LogP contribution is 2.54. The Balaban J connectivity index is 1.55. The zero-order valence-corrected chi connectivity index (χ0v) is 10.8. The topological polar surface area (TPSA) is 38.0 Å². The van der Waals surface area contributed by atoms with E-state index in [1.807, 2.05) is 12.1 Å². The Hall–Kier alpha value is -1.18. The molecule has 0 unspecified atom stereocenters. The van der Waals surface area contributed by atoms with Gasteiger partial charge in [-0.25, -0.2) is 0 Å². The summed E-state index contributed by atoms with van der Waals surface area (Å²) in [6, 6.07) is 8.95. The second-order valence-corrected chi connectivity index (χ2v) is 6.73. The van der Waals surface area contributed by atoms with Crippen LogP contribution in [0.3, 0.4) is 0 Å². The van der Waals surface area contributed by atoms with E-state index in [2.05, 4.69) is 17.4 Å². The summed E-state index contributed by atoms with van der Waals surface area (Å²) in [6.07, 6.45) is 7.39. The van der Waals surface area contributed by atoms with Gasteiger partial charge in [-0.1, -0.05) is 6.07 Å². The molecule has 0 saturated heterocycles. The Morgan fingerprint density at radius 3 is 2.22 bits per heavy atom. The number of anilines is 2. The highest BCUT2D eigenvalue weighted by atomic mass is 15.0. The smallest absolute Gasteiger partial charge is 0.0363 e. The summed E-state index contributed by atoms with van der Waals surface area (Å²) in [5, 5.41) is 3.78. The molecule has 1 aromatic rings. The number of rotatable bonds is 2. The molecular weight excluding hydrogens is 220 g/mol. The summed E-state index contributed by atoms with van der Waals surface area (Å²) in [4.78, 5) is 0. The van der Waals surface area contributed by atoms with Gasteiger partial charge in [0.05, 0.1) is 0 Å². The van der Waals surface area contributed by atoms with Crippen LogP contribution in [-0.2, 0) is 0 Å². The Morgan fingerprint density at radius 1 is 0.944 bits per heavy atom. The lowest BCUT2D eigenvalue weighted by molar-refractivity contribution is 0.00754. The van der Waals surface area contributed by atoms with E-state index in [-0.39, 0.29) is 0 Å². The second-order valence-electron chi connectivity index (χ2n) is 6.73. The van der Waals surface area contributed by atoms with Crippen LogP contribution in [0.5, 0.6) is 0 Å². The average Bonchev–Trinajstić information content (AvgIpc) is 2.33. The highest BCUT2D eigenvalue weighted by molar-refractivity contribution is 5.54. The quantitative estimate of drug-likeness (QED) is 0.779. The Kier molecular flexibility index (Phi) is 2.33. The first-order chi connectivity index (χ1) is 8.78. The van der Waals surface area contributed by atoms with Crippen molar-refractivity contribution in [3.63, 3.8) is 0 Å². The van der Waals surface area contributed by atoms with Gasteiger partial charge in [-0.2, -0.15) is 0 Å². The molecule has 0 radical (unpaired) electrons. The maximum Gasteiger partial charge on any atom is 0.0363 e. The molecule has 0 aliphatic heterocycles. The van der Waals surface area contributed by atoms with Gasteiger partial charge in [0.25, 0.3) is 0 Å². The summed E-state index contributed by atoms with van der Waals surface area (Å²) in [5.74, 6) is 3.93. The highest BCUT2D eigenvalue weighted by Gasteiger charge is 2.48. The molecule has 4 bridgehead atoms. The van der Waals surface area contributed by atoms with Gasteiger partial charge in [0.1, 0.15) is 0 Å². The number of nitrogens with one attached hydrogen (secondary N) is 1. The predicted molar refractivity (Wildman–Crippen MR) is 75.3 cm³/mol. The van der Waals surface area contributed by atoms with Gasteiger partial charge >= 0.3 is 0 Å². The average molecular weight is 242 g/mol. The number of benzene rings is 1. The van der Waals surface area contributed by atoms with Crippen LogP contribution in [-0.4, -0.2) is 6.04 Å². The minimum Gasteiger partial charge on any atom is -0.399 e. The van der Waals surface area contributed by atoms with E-state index in [4.69, 9.17) is 5.73 Å². The fourth-order valence-corrected chi connectivity index (χ4v) is 4.98. The van der Waals surface area contributed by atoms with Crippen LogP contribution in [0.4, 0.5) is 11.4 Å². The van der Waals surface area contributed by atoms with Gasteiger partial charge in [-0.15, -0.1) is 0 Å². The summed E-state index contributed by atoms with van der Waals surface area (Å²) in [5.41, 5.74) is 7.95. The molecule has 0 heterocycles. The van der Waals surface area contributed by atoms with Crippen LogP contribution in [0.2, 0.25) is 0 Å². The van der Waals surface area contributed by atoms with Crippen LogP contribution in [0.1, 0.15) is 32.1 Å². The third-order valence-electron chi connectivity index (χ3n) is 5.45. The molecule has 0 spiro atoms. The van der Waals surface area contributed by atoms with E-state index in [9.17, 15) is 0 Å². The third kappa shape index (κ3) is 1.70. The Morgan fingerprint density at radius 2 is 1.61 bits per heavy atom. The van der Waals surface area contributed by atoms with Gasteiger partial charge in [-0.05, 0) is 74.0 Å². The second kappa shape index (κ2) is 3.91. The van der Waals surface area contributed by atoms with Crippen molar-refractivity contribution in [1.82, 2.24) is 0 Å². The third-order valence-corrected chi connectivity index (χ3v) is 5.45. The van der Waals surface area contributed by atoms with Crippen LogP contribution in [0.15, 0.2) is 24.3 Å². The maximum absolute atomic E-state index is 5.87. The minimum absolute atomic E-state index is 0.708. The van der Waals surface area contributed by atoms with Crippen molar-refractivity contribution >= 4 is 11.4 Å². The van der Waals surface area contributed by atoms with E-state index >= 15 is 0 Å². The number of hydrogen-bond donors (Lipinski definition) is 2. The van der Waals surface area contributed by atoms with E-state index in [1.54, 1.807) is 0 Å². The summed E-state index contributed by atoms with van der Waals surface area (Å²) >= 11 is 0. The molecular formula is C16H22N2. The fourth-order valence-electron chi connectivity index (χ4n) is 4.98. The largest absolute Gasteiger partial charge is 0.399 e. The molecule has 2 nitrogen and oxygen atoms in total. The van der Waals surface area contributed by atoms with Crippen molar-refractivity contribution in [1.29, 1.82) is 0 Å². The number of nitrogens with two attached hydrogens (primary N) is 1. The van der Waals surface area contributed by atoms with Gasteiger partial charge in [0.2, 0.25) is 0 Å². The molecule has 0 aromatic heterocycles. The first kappa shape index (κ1) is 10.7. The molecule has 4 fully saturated rings. The van der Waals surface area contributed by atoms with Crippen LogP contribution in [0.25, 0.3) is 0 Å². The lowest BCUT2D eigenvalue weighted by atomic mass is 9.54. The Bertz CT molecular complexity index is 426. The van der Waals surface area contributed by atoms with Crippen molar-refractivity contribution < 1.29 is 0 Å². The molecule has 2 heteroatoms. The van der Waals surface area contributed by atoms with E-state index < -0.39 is 0 Å². The SMILES string of the molecule is Nc1cccc(NC2C3CC4CC(C3)CC2C4)c1. The molecule has 4 aliphatic rings. The van der Waals surface area contributed by atoms with Gasteiger partial charge < -0.3 is 11.1 Å². The standard InChI is InChI=1S/C16H22N2/c17-14-2-1-3-15(9-14)18-16-12-5-10-4-11(7-12)8-13(16)6-10/h1-3,9-13,16,18H,4-8,17H2. The number of nitrogen functional groups attached to an aromatic ring is 1. The first-order valence-corrected chi connectivity index (χ1v) is 7.40. The van der Waals surface area contributed by atoms with Gasteiger partial charge in [-0.3, -0.25) is 0 Å². The fraction of sp³-hybridized carbons (Fsp3) is 0.625.